The van der Waals surface area contributed by atoms with Gasteiger partial charge in [-0.1, -0.05) is 24.3 Å². The maximum Gasteiger partial charge on any atom is 0.267 e. The maximum absolute atomic E-state index is 12.9. The van der Waals surface area contributed by atoms with Crippen molar-refractivity contribution >= 4 is 22.7 Å². The van der Waals surface area contributed by atoms with Crippen molar-refractivity contribution < 1.29 is 19.1 Å². The molecular formula is C24H24N4O5. The van der Waals surface area contributed by atoms with Gasteiger partial charge in [0, 0.05) is 39.0 Å². The molecule has 5 rings (SSSR count). The number of hydrogen-bond acceptors (Lipinski definition) is 6. The van der Waals surface area contributed by atoms with E-state index in [1.165, 1.54) is 0 Å². The zero-order valence-electron chi connectivity index (χ0n) is 18.0. The third-order valence-corrected chi connectivity index (χ3v) is 5.97. The number of amides is 2. The normalized spacial score (nSPS) is 17.8. The molecule has 2 aromatic carbocycles. The number of H-pyrrole nitrogens is 1. The largest absolute Gasteiger partial charge is 0.485 e. The number of aryl methyl sites for hydroxylation is 1. The molecule has 1 saturated heterocycles. The molecule has 1 atom stereocenters. The summed E-state index contributed by atoms with van der Waals surface area (Å²) in [5, 5.41) is 0.532. The number of hydrogen-bond donors (Lipinski definition) is 1. The number of aromatic nitrogens is 2. The average molecular weight is 448 g/mol. The summed E-state index contributed by atoms with van der Waals surface area (Å²) in [7, 11) is 0. The van der Waals surface area contributed by atoms with Crippen molar-refractivity contribution in [3.63, 3.8) is 0 Å². The number of piperazine rings is 1. The predicted molar refractivity (Wildman–Crippen MR) is 120 cm³/mol. The second-order valence-corrected chi connectivity index (χ2v) is 8.10. The fraction of sp³-hybridized carbons (Fsp3) is 0.333. The Labute approximate surface area is 189 Å². The first-order valence-corrected chi connectivity index (χ1v) is 11.0. The van der Waals surface area contributed by atoms with E-state index < -0.39 is 6.10 Å². The Hall–Kier alpha value is -3.88. The molecule has 0 radical (unpaired) electrons. The summed E-state index contributed by atoms with van der Waals surface area (Å²) in [4.78, 5) is 48.4. The van der Waals surface area contributed by atoms with Gasteiger partial charge in [-0.25, -0.2) is 4.98 Å². The maximum atomic E-state index is 12.9. The van der Waals surface area contributed by atoms with E-state index in [2.05, 4.69) is 9.97 Å². The van der Waals surface area contributed by atoms with Crippen molar-refractivity contribution in [1.82, 2.24) is 19.8 Å². The number of fused-ring (bicyclic) bond motifs is 2. The van der Waals surface area contributed by atoms with Gasteiger partial charge in [0.05, 0.1) is 10.9 Å². The van der Waals surface area contributed by atoms with Crippen LogP contribution >= 0.6 is 0 Å². The fourth-order valence-electron chi connectivity index (χ4n) is 4.16. The summed E-state index contributed by atoms with van der Waals surface area (Å²) in [6, 6.07) is 14.4. The van der Waals surface area contributed by atoms with Crippen LogP contribution in [0.5, 0.6) is 11.5 Å². The van der Waals surface area contributed by atoms with Crippen LogP contribution in [0.15, 0.2) is 53.3 Å². The molecule has 0 aliphatic carbocycles. The van der Waals surface area contributed by atoms with E-state index in [9.17, 15) is 14.4 Å². The molecule has 2 amide bonds. The molecule has 0 saturated carbocycles. The van der Waals surface area contributed by atoms with Crippen LogP contribution in [-0.4, -0.2) is 70.5 Å². The molecule has 1 fully saturated rings. The lowest BCUT2D eigenvalue weighted by Gasteiger charge is -2.37. The zero-order chi connectivity index (χ0) is 22.8. The Morgan fingerprint density at radius 1 is 0.970 bits per heavy atom. The summed E-state index contributed by atoms with van der Waals surface area (Å²) in [5.74, 6) is 1.55. The average Bonchev–Trinajstić information content (AvgIpc) is 2.86. The molecule has 0 bridgehead atoms. The lowest BCUT2D eigenvalue weighted by atomic mass is 10.2. The molecule has 3 aromatic rings. The molecule has 9 heteroatoms. The Morgan fingerprint density at radius 3 is 2.48 bits per heavy atom. The number of nitrogens with zero attached hydrogens (tertiary/aromatic N) is 3. The SMILES string of the molecule is O=C(CCc1nc2ccccc2c(=O)[nH]1)N1CCN(C(=O)[C@H]2COc3ccccc3O2)CC1. The van der Waals surface area contributed by atoms with Gasteiger partial charge in [0.25, 0.3) is 11.5 Å². The lowest BCUT2D eigenvalue weighted by molar-refractivity contribution is -0.146. The monoisotopic (exact) mass is 448 g/mol. The summed E-state index contributed by atoms with van der Waals surface area (Å²) < 4.78 is 11.5. The number of benzene rings is 2. The van der Waals surface area contributed by atoms with E-state index in [0.717, 1.165) is 0 Å². The molecule has 170 valence electrons. The number of carbonyl (C=O) groups excluding carboxylic acids is 2. The van der Waals surface area contributed by atoms with E-state index in [1.54, 1.807) is 34.1 Å². The first kappa shape index (κ1) is 21.0. The number of rotatable bonds is 4. The van der Waals surface area contributed by atoms with Gasteiger partial charge in [-0.2, -0.15) is 0 Å². The number of aromatic amines is 1. The van der Waals surface area contributed by atoms with Crippen molar-refractivity contribution in [2.24, 2.45) is 0 Å². The first-order chi connectivity index (χ1) is 16.1. The Morgan fingerprint density at radius 2 is 1.67 bits per heavy atom. The highest BCUT2D eigenvalue weighted by atomic mass is 16.6. The summed E-state index contributed by atoms with van der Waals surface area (Å²) in [6.07, 6.45) is -0.0889. The van der Waals surface area contributed by atoms with Crippen molar-refractivity contribution in [1.29, 1.82) is 0 Å². The van der Waals surface area contributed by atoms with Crippen LogP contribution in [0.3, 0.4) is 0 Å². The Kier molecular flexibility index (Phi) is 5.68. The quantitative estimate of drug-likeness (QED) is 0.646. The molecule has 0 spiro atoms. The second kappa shape index (κ2) is 8.93. The summed E-state index contributed by atoms with van der Waals surface area (Å²) >= 11 is 0. The Bertz CT molecular complexity index is 1250. The highest BCUT2D eigenvalue weighted by Crippen LogP contribution is 2.31. The molecule has 9 nitrogen and oxygen atoms in total. The van der Waals surface area contributed by atoms with Crippen LogP contribution < -0.4 is 15.0 Å². The third kappa shape index (κ3) is 4.39. The fourth-order valence-corrected chi connectivity index (χ4v) is 4.16. The van der Waals surface area contributed by atoms with Gasteiger partial charge in [-0.05, 0) is 24.3 Å². The van der Waals surface area contributed by atoms with Gasteiger partial charge in [-0.15, -0.1) is 0 Å². The van der Waals surface area contributed by atoms with E-state index in [1.807, 2.05) is 24.3 Å². The molecule has 0 unspecified atom stereocenters. The minimum Gasteiger partial charge on any atom is -0.485 e. The molecule has 33 heavy (non-hydrogen) atoms. The zero-order valence-corrected chi connectivity index (χ0v) is 18.0. The number of nitrogens with one attached hydrogen (secondary N) is 1. The van der Waals surface area contributed by atoms with Crippen LogP contribution in [0.4, 0.5) is 0 Å². The van der Waals surface area contributed by atoms with Gasteiger partial charge in [0.1, 0.15) is 12.4 Å². The van der Waals surface area contributed by atoms with Crippen LogP contribution in [0.1, 0.15) is 12.2 Å². The number of carbonyl (C=O) groups is 2. The topological polar surface area (TPSA) is 105 Å². The van der Waals surface area contributed by atoms with Crippen LogP contribution in [0.25, 0.3) is 10.9 Å². The molecule has 2 aliphatic heterocycles. The van der Waals surface area contributed by atoms with E-state index in [4.69, 9.17) is 9.47 Å². The minimum atomic E-state index is -0.682. The standard InChI is InChI=1S/C24H24N4O5/c29-22(10-9-21-25-17-6-2-1-5-16(17)23(30)26-21)27-11-13-28(14-12-27)24(31)20-15-32-18-7-3-4-8-19(18)33-20/h1-8,20H,9-15H2,(H,25,26,30)/t20-/m1/s1. The van der Waals surface area contributed by atoms with Crippen molar-refractivity contribution in [3.05, 3.63) is 64.7 Å². The van der Waals surface area contributed by atoms with Gasteiger partial charge in [0.2, 0.25) is 12.0 Å². The second-order valence-electron chi connectivity index (χ2n) is 8.10. The van der Waals surface area contributed by atoms with E-state index >= 15 is 0 Å². The van der Waals surface area contributed by atoms with Crippen LogP contribution in [0.2, 0.25) is 0 Å². The van der Waals surface area contributed by atoms with Crippen molar-refractivity contribution in [2.75, 3.05) is 32.8 Å². The van der Waals surface area contributed by atoms with Gasteiger partial charge in [0.15, 0.2) is 11.5 Å². The predicted octanol–water partition coefficient (Wildman–Crippen LogP) is 1.37. The first-order valence-electron chi connectivity index (χ1n) is 11.0. The summed E-state index contributed by atoms with van der Waals surface area (Å²) in [6.45, 7) is 1.97. The Balaban J connectivity index is 1.13. The molecule has 1 N–H and O–H groups in total. The minimum absolute atomic E-state index is 0.0240. The van der Waals surface area contributed by atoms with Gasteiger partial charge < -0.3 is 24.3 Å². The molecule has 2 aliphatic rings. The number of ether oxygens (including phenoxy) is 2. The van der Waals surface area contributed by atoms with Crippen LogP contribution in [-0.2, 0) is 16.0 Å². The number of para-hydroxylation sites is 3. The van der Waals surface area contributed by atoms with E-state index in [0.29, 0.717) is 60.8 Å². The van der Waals surface area contributed by atoms with Crippen molar-refractivity contribution in [2.45, 2.75) is 18.9 Å². The van der Waals surface area contributed by atoms with E-state index in [-0.39, 0.29) is 30.4 Å². The molecular weight excluding hydrogens is 424 g/mol. The van der Waals surface area contributed by atoms with Crippen molar-refractivity contribution in [3.8, 4) is 11.5 Å². The molecule has 1 aromatic heterocycles. The highest BCUT2D eigenvalue weighted by Gasteiger charge is 2.33. The molecule has 3 heterocycles. The third-order valence-electron chi connectivity index (χ3n) is 5.97. The van der Waals surface area contributed by atoms with Crippen LogP contribution in [0, 0.1) is 0 Å². The van der Waals surface area contributed by atoms with Gasteiger partial charge >= 0.3 is 0 Å². The smallest absolute Gasteiger partial charge is 0.267 e. The highest BCUT2D eigenvalue weighted by molar-refractivity contribution is 5.83. The van der Waals surface area contributed by atoms with Gasteiger partial charge in [-0.3, -0.25) is 14.4 Å². The summed E-state index contributed by atoms with van der Waals surface area (Å²) in [5.41, 5.74) is 0.416. The lowest BCUT2D eigenvalue weighted by Crippen LogP contribution is -2.55.